The fraction of sp³-hybridized carbons (Fsp3) is 1.00. The first-order valence-electron chi connectivity index (χ1n) is 5.90. The predicted molar refractivity (Wildman–Crippen MR) is 59.1 cm³/mol. The molecule has 0 aromatic carbocycles. The summed E-state index contributed by atoms with van der Waals surface area (Å²) < 4.78 is 16.4. The summed E-state index contributed by atoms with van der Waals surface area (Å²) in [6.45, 7) is 5.87. The lowest BCUT2D eigenvalue weighted by Crippen LogP contribution is -2.14. The molecule has 14 heavy (non-hydrogen) atoms. The summed E-state index contributed by atoms with van der Waals surface area (Å²) in [5, 5.41) is 0. The highest BCUT2D eigenvalue weighted by atomic mass is 28.3. The maximum atomic E-state index is 10.9. The fourth-order valence-corrected chi connectivity index (χ4v) is 2.97. The minimum absolute atomic E-state index is 0.586. The van der Waals surface area contributed by atoms with E-state index >= 15 is 0 Å². The zero-order valence-electron chi connectivity index (χ0n) is 9.58. The van der Waals surface area contributed by atoms with Gasteiger partial charge < -0.3 is 9.20 Å². The van der Waals surface area contributed by atoms with Crippen LogP contribution in [0.2, 0.25) is 12.6 Å². The third-order valence-electron chi connectivity index (χ3n) is 3.02. The van der Waals surface area contributed by atoms with Crippen LogP contribution in [-0.2, 0) is 9.20 Å². The van der Waals surface area contributed by atoms with E-state index in [1.165, 1.54) is 25.7 Å². The Bertz CT molecular complexity index is 194. The second kappa shape index (κ2) is 5.76. The van der Waals surface area contributed by atoms with E-state index in [9.17, 15) is 4.46 Å². The average Bonchev–Trinajstić information content (AvgIpc) is 2.95. The topological polar surface area (TPSA) is 29.6 Å². The molecule has 0 amide bonds. The summed E-state index contributed by atoms with van der Waals surface area (Å²) >= 11 is 0. The predicted octanol–water partition coefficient (Wildman–Crippen LogP) is 3.02. The molecule has 1 saturated heterocycles. The Labute approximate surface area is 88.7 Å². The Balaban J connectivity index is 0.000000461. The Morgan fingerprint density at radius 1 is 1.29 bits per heavy atom. The minimum atomic E-state index is -1.23. The quantitative estimate of drug-likeness (QED) is 0.534. The zero-order chi connectivity index (χ0) is 10.6. The van der Waals surface area contributed by atoms with Gasteiger partial charge in [-0.15, -0.1) is 0 Å². The SMILES string of the molecule is CC.C[Si](=O)CCC1CCC2OC2C1. The van der Waals surface area contributed by atoms with Gasteiger partial charge in [-0.05, 0) is 44.2 Å². The van der Waals surface area contributed by atoms with Crippen molar-refractivity contribution in [2.24, 2.45) is 5.92 Å². The van der Waals surface area contributed by atoms with Gasteiger partial charge in [0.2, 0.25) is 0 Å². The smallest absolute Gasteiger partial charge is 0.273 e. The van der Waals surface area contributed by atoms with Gasteiger partial charge in [0.15, 0.2) is 0 Å². The van der Waals surface area contributed by atoms with Crippen LogP contribution in [0.1, 0.15) is 39.5 Å². The molecule has 1 aliphatic heterocycles. The molecule has 1 aliphatic carbocycles. The molecule has 3 atom stereocenters. The van der Waals surface area contributed by atoms with Crippen LogP contribution in [-0.4, -0.2) is 20.9 Å². The van der Waals surface area contributed by atoms with Gasteiger partial charge in [-0.2, -0.15) is 0 Å². The third-order valence-corrected chi connectivity index (χ3v) is 4.01. The molecule has 2 aliphatic rings. The van der Waals surface area contributed by atoms with E-state index < -0.39 is 8.68 Å². The van der Waals surface area contributed by atoms with E-state index in [2.05, 4.69) is 0 Å². The van der Waals surface area contributed by atoms with Gasteiger partial charge in [-0.3, -0.25) is 0 Å². The van der Waals surface area contributed by atoms with Crippen LogP contribution in [0.25, 0.3) is 0 Å². The van der Waals surface area contributed by atoms with Crippen molar-refractivity contribution in [2.45, 2.75) is 64.3 Å². The summed E-state index contributed by atoms with van der Waals surface area (Å²) in [6.07, 6.45) is 6.15. The van der Waals surface area contributed by atoms with Crippen LogP contribution in [0.15, 0.2) is 0 Å². The Hall–Kier alpha value is -0.0231. The normalized spacial score (nSPS) is 33.8. The molecule has 1 heterocycles. The molecule has 2 nitrogen and oxygen atoms in total. The Morgan fingerprint density at radius 3 is 2.57 bits per heavy atom. The second-order valence-electron chi connectivity index (χ2n) is 4.13. The van der Waals surface area contributed by atoms with Crippen LogP contribution in [0.5, 0.6) is 0 Å². The first kappa shape index (κ1) is 12.0. The molecule has 1 saturated carbocycles. The fourth-order valence-electron chi connectivity index (χ4n) is 2.16. The molecule has 0 aromatic rings. The van der Waals surface area contributed by atoms with Crippen molar-refractivity contribution in [3.63, 3.8) is 0 Å². The van der Waals surface area contributed by atoms with E-state index in [1.54, 1.807) is 0 Å². The highest BCUT2D eigenvalue weighted by Crippen LogP contribution is 2.40. The van der Waals surface area contributed by atoms with Crippen molar-refractivity contribution >= 4 is 8.68 Å². The van der Waals surface area contributed by atoms with Gasteiger partial charge in [0.1, 0.15) is 0 Å². The standard InChI is InChI=1S/C9H16O2Si.C2H6/c1-12(10)5-4-7-2-3-8-9(6-7)11-8;1-2/h7-9H,2-6H2,1H3;1-2H3. The first-order chi connectivity index (χ1) is 6.75. The van der Waals surface area contributed by atoms with Crippen LogP contribution < -0.4 is 0 Å². The molecular weight excluding hydrogens is 192 g/mol. The molecular formula is C11H22O2Si. The summed E-state index contributed by atoms with van der Waals surface area (Å²) in [4.78, 5) is 0. The van der Waals surface area contributed by atoms with Crippen LogP contribution in [0.4, 0.5) is 0 Å². The maximum absolute atomic E-state index is 10.9. The highest BCUT2D eigenvalue weighted by molar-refractivity contribution is 6.40. The van der Waals surface area contributed by atoms with E-state index in [0.29, 0.717) is 12.2 Å². The molecule has 3 unspecified atom stereocenters. The molecule has 0 radical (unpaired) electrons. The van der Waals surface area contributed by atoms with E-state index in [1.807, 2.05) is 20.4 Å². The van der Waals surface area contributed by atoms with Gasteiger partial charge in [-0.1, -0.05) is 13.8 Å². The van der Waals surface area contributed by atoms with Crippen LogP contribution in [0, 0.1) is 5.92 Å². The highest BCUT2D eigenvalue weighted by Gasteiger charge is 2.43. The lowest BCUT2D eigenvalue weighted by atomic mass is 9.88. The number of epoxide rings is 1. The lowest BCUT2D eigenvalue weighted by molar-refractivity contribution is 0.356. The molecule has 3 heteroatoms. The number of rotatable bonds is 3. The monoisotopic (exact) mass is 214 g/mol. The maximum Gasteiger partial charge on any atom is 0.273 e. The summed E-state index contributed by atoms with van der Waals surface area (Å²) in [5.74, 6) is 0.808. The van der Waals surface area contributed by atoms with Crippen molar-refractivity contribution in [3.8, 4) is 0 Å². The number of hydrogen-bond donors (Lipinski definition) is 0. The molecule has 2 fully saturated rings. The summed E-state index contributed by atoms with van der Waals surface area (Å²) in [7, 11) is -1.23. The summed E-state index contributed by atoms with van der Waals surface area (Å²) in [6, 6.07) is 0.951. The Kier molecular flexibility index (Phi) is 4.96. The Morgan fingerprint density at radius 2 is 2.00 bits per heavy atom. The molecule has 0 bridgehead atoms. The lowest BCUT2D eigenvalue weighted by Gasteiger charge is -2.17. The van der Waals surface area contributed by atoms with Crippen molar-refractivity contribution in [2.75, 3.05) is 0 Å². The number of hydrogen-bond acceptors (Lipinski definition) is 2. The molecule has 2 rings (SSSR count). The van der Waals surface area contributed by atoms with Gasteiger partial charge in [0, 0.05) is 0 Å². The van der Waals surface area contributed by atoms with Gasteiger partial charge in [-0.25, -0.2) is 0 Å². The van der Waals surface area contributed by atoms with Crippen molar-refractivity contribution in [1.29, 1.82) is 0 Å². The average molecular weight is 214 g/mol. The van der Waals surface area contributed by atoms with Gasteiger partial charge >= 0.3 is 0 Å². The number of ether oxygens (including phenoxy) is 1. The molecule has 82 valence electrons. The summed E-state index contributed by atoms with van der Waals surface area (Å²) in [5.41, 5.74) is 0. The zero-order valence-corrected chi connectivity index (χ0v) is 10.6. The van der Waals surface area contributed by atoms with Gasteiger partial charge in [0.05, 0.1) is 12.2 Å². The molecule has 0 spiro atoms. The third kappa shape index (κ3) is 3.62. The van der Waals surface area contributed by atoms with Crippen molar-refractivity contribution in [3.05, 3.63) is 0 Å². The van der Waals surface area contributed by atoms with E-state index in [-0.39, 0.29) is 0 Å². The minimum Gasteiger partial charge on any atom is -0.389 e. The van der Waals surface area contributed by atoms with Crippen molar-refractivity contribution in [1.82, 2.24) is 0 Å². The van der Waals surface area contributed by atoms with Crippen LogP contribution >= 0.6 is 0 Å². The second-order valence-corrected chi connectivity index (χ2v) is 6.04. The van der Waals surface area contributed by atoms with Gasteiger partial charge in [0.25, 0.3) is 8.68 Å². The molecule has 0 aromatic heterocycles. The van der Waals surface area contributed by atoms with Crippen molar-refractivity contribution < 1.29 is 9.20 Å². The van der Waals surface area contributed by atoms with Crippen LogP contribution in [0.3, 0.4) is 0 Å². The van der Waals surface area contributed by atoms with E-state index in [4.69, 9.17) is 4.74 Å². The molecule has 0 N–H and O–H groups in total. The van der Waals surface area contributed by atoms with E-state index in [0.717, 1.165) is 12.0 Å². The number of fused-ring (bicyclic) bond motifs is 1. The largest absolute Gasteiger partial charge is 0.389 e. The first-order valence-corrected chi connectivity index (χ1v) is 8.02.